The third kappa shape index (κ3) is 5.18. The maximum Gasteiger partial charge on any atom is 0.264 e. The molecule has 6 nitrogen and oxygen atoms in total. The van der Waals surface area contributed by atoms with Crippen LogP contribution in [0.1, 0.15) is 11.1 Å². The Morgan fingerprint density at radius 1 is 1.00 bits per heavy atom. The van der Waals surface area contributed by atoms with E-state index in [4.69, 9.17) is 16.3 Å². The number of ether oxygens (including phenoxy) is 1. The van der Waals surface area contributed by atoms with E-state index in [2.05, 4.69) is 5.32 Å². The lowest BCUT2D eigenvalue weighted by Crippen LogP contribution is -2.38. The third-order valence-electron chi connectivity index (χ3n) is 4.85. The van der Waals surface area contributed by atoms with Crippen LogP contribution in [0, 0.1) is 13.8 Å². The van der Waals surface area contributed by atoms with Gasteiger partial charge in [-0.2, -0.15) is 0 Å². The van der Waals surface area contributed by atoms with Gasteiger partial charge in [0.1, 0.15) is 12.3 Å². The number of hydrogen-bond acceptors (Lipinski definition) is 4. The van der Waals surface area contributed by atoms with Crippen LogP contribution >= 0.6 is 11.6 Å². The minimum absolute atomic E-state index is 0.0419. The first-order chi connectivity index (χ1) is 14.7. The first-order valence-corrected chi connectivity index (χ1v) is 11.3. The Morgan fingerprint density at radius 2 is 1.68 bits per heavy atom. The number of nitrogens with zero attached hydrogens (tertiary/aromatic N) is 1. The van der Waals surface area contributed by atoms with Crippen LogP contribution in [0.3, 0.4) is 0 Å². The van der Waals surface area contributed by atoms with E-state index in [1.165, 1.54) is 31.4 Å². The predicted molar refractivity (Wildman–Crippen MR) is 124 cm³/mol. The molecule has 0 aliphatic heterocycles. The second-order valence-corrected chi connectivity index (χ2v) is 9.28. The number of benzene rings is 3. The highest BCUT2D eigenvalue weighted by molar-refractivity contribution is 7.92. The lowest BCUT2D eigenvalue weighted by atomic mass is 10.1. The Morgan fingerprint density at radius 3 is 2.32 bits per heavy atom. The largest absolute Gasteiger partial charge is 0.495 e. The number of halogens is 1. The van der Waals surface area contributed by atoms with Crippen molar-refractivity contribution >= 4 is 38.9 Å². The van der Waals surface area contributed by atoms with Gasteiger partial charge < -0.3 is 10.1 Å². The van der Waals surface area contributed by atoms with E-state index in [-0.39, 0.29) is 4.90 Å². The number of carbonyl (C=O) groups is 1. The highest BCUT2D eigenvalue weighted by Gasteiger charge is 2.27. The van der Waals surface area contributed by atoms with E-state index >= 15 is 0 Å². The molecule has 0 aliphatic rings. The number of hydrogen-bond donors (Lipinski definition) is 1. The summed E-state index contributed by atoms with van der Waals surface area (Å²) < 4.78 is 33.2. The van der Waals surface area contributed by atoms with Crippen LogP contribution < -0.4 is 14.4 Å². The molecule has 0 radical (unpaired) electrons. The number of sulfonamides is 1. The summed E-state index contributed by atoms with van der Waals surface area (Å²) in [5.41, 5.74) is 2.79. The van der Waals surface area contributed by atoms with Crippen molar-refractivity contribution < 1.29 is 17.9 Å². The molecular formula is C23H23ClN2O4S. The van der Waals surface area contributed by atoms with E-state index in [0.717, 1.165) is 15.4 Å². The summed E-state index contributed by atoms with van der Waals surface area (Å²) in [6, 6.07) is 18.0. The maximum atomic E-state index is 13.4. The van der Waals surface area contributed by atoms with Gasteiger partial charge in [-0.05, 0) is 73.5 Å². The van der Waals surface area contributed by atoms with Crippen LogP contribution in [0.25, 0.3) is 0 Å². The minimum atomic E-state index is -4.02. The molecule has 0 spiro atoms. The highest BCUT2D eigenvalue weighted by atomic mass is 35.5. The average molecular weight is 459 g/mol. The fourth-order valence-corrected chi connectivity index (χ4v) is 4.54. The fraction of sp³-hybridized carbons (Fsp3) is 0.174. The van der Waals surface area contributed by atoms with Gasteiger partial charge in [-0.3, -0.25) is 9.10 Å². The van der Waals surface area contributed by atoms with Crippen LogP contribution in [-0.4, -0.2) is 28.0 Å². The zero-order chi connectivity index (χ0) is 22.6. The molecule has 1 amide bonds. The van der Waals surface area contributed by atoms with Gasteiger partial charge in [0.2, 0.25) is 5.91 Å². The zero-order valence-electron chi connectivity index (χ0n) is 17.4. The summed E-state index contributed by atoms with van der Waals surface area (Å²) in [5, 5.41) is 3.15. The molecule has 3 aromatic carbocycles. The summed E-state index contributed by atoms with van der Waals surface area (Å²) in [5.74, 6) is -0.0191. The van der Waals surface area contributed by atoms with Gasteiger partial charge in [0.05, 0.1) is 23.4 Å². The van der Waals surface area contributed by atoms with Crippen molar-refractivity contribution in [2.75, 3.05) is 23.3 Å². The number of amides is 1. The molecule has 8 heteroatoms. The summed E-state index contributed by atoms with van der Waals surface area (Å²) in [6.07, 6.45) is 0. The highest BCUT2D eigenvalue weighted by Crippen LogP contribution is 2.27. The maximum absolute atomic E-state index is 13.4. The van der Waals surface area contributed by atoms with E-state index in [1.54, 1.807) is 36.4 Å². The summed E-state index contributed by atoms with van der Waals surface area (Å²) in [4.78, 5) is 12.9. The summed E-state index contributed by atoms with van der Waals surface area (Å²) >= 11 is 5.92. The molecular weight excluding hydrogens is 436 g/mol. The van der Waals surface area contributed by atoms with Crippen LogP contribution in [0.5, 0.6) is 5.75 Å². The Kier molecular flexibility index (Phi) is 6.87. The van der Waals surface area contributed by atoms with Crippen molar-refractivity contribution in [3.8, 4) is 5.75 Å². The van der Waals surface area contributed by atoms with Gasteiger partial charge in [-0.1, -0.05) is 29.8 Å². The van der Waals surface area contributed by atoms with Crippen molar-refractivity contribution in [1.29, 1.82) is 0 Å². The summed E-state index contributed by atoms with van der Waals surface area (Å²) in [7, 11) is -2.52. The van der Waals surface area contributed by atoms with Gasteiger partial charge in [-0.15, -0.1) is 0 Å². The normalized spacial score (nSPS) is 11.1. The van der Waals surface area contributed by atoms with Crippen molar-refractivity contribution in [1.82, 2.24) is 0 Å². The van der Waals surface area contributed by atoms with E-state index in [1.807, 2.05) is 19.9 Å². The summed E-state index contributed by atoms with van der Waals surface area (Å²) in [6.45, 7) is 3.41. The SMILES string of the molecule is COc1ccccc1NC(=O)CN(c1ccc(C)c(C)c1)S(=O)(=O)c1ccc(Cl)cc1. The number of rotatable bonds is 7. The third-order valence-corrected chi connectivity index (χ3v) is 6.89. The molecule has 0 aliphatic carbocycles. The average Bonchev–Trinajstić information content (AvgIpc) is 2.74. The monoisotopic (exact) mass is 458 g/mol. The Hall–Kier alpha value is -3.03. The van der Waals surface area contributed by atoms with Crippen molar-refractivity contribution in [3.05, 3.63) is 82.9 Å². The standard InChI is InChI=1S/C23H23ClN2O4S/c1-16-8-11-19(14-17(16)2)26(31(28,29)20-12-9-18(24)10-13-20)15-23(27)25-21-6-4-5-7-22(21)30-3/h4-14H,15H2,1-3H3,(H,25,27). The van der Waals surface area contributed by atoms with Crippen molar-refractivity contribution in [2.45, 2.75) is 18.7 Å². The predicted octanol–water partition coefficient (Wildman–Crippen LogP) is 4.80. The van der Waals surface area contributed by atoms with Crippen LogP contribution in [-0.2, 0) is 14.8 Å². The van der Waals surface area contributed by atoms with Gasteiger partial charge >= 0.3 is 0 Å². The lowest BCUT2D eigenvalue weighted by molar-refractivity contribution is -0.114. The molecule has 0 fully saturated rings. The van der Waals surface area contributed by atoms with Crippen LogP contribution in [0.15, 0.2) is 71.6 Å². The number of para-hydroxylation sites is 2. The van der Waals surface area contributed by atoms with E-state index < -0.39 is 22.5 Å². The Balaban J connectivity index is 1.98. The van der Waals surface area contributed by atoms with Gasteiger partial charge in [0.15, 0.2) is 0 Å². The number of aryl methyl sites for hydroxylation is 2. The first kappa shape index (κ1) is 22.7. The van der Waals surface area contributed by atoms with Gasteiger partial charge in [-0.25, -0.2) is 8.42 Å². The Labute approximate surface area is 187 Å². The minimum Gasteiger partial charge on any atom is -0.495 e. The van der Waals surface area contributed by atoms with E-state index in [0.29, 0.717) is 22.1 Å². The number of carbonyl (C=O) groups excluding carboxylic acids is 1. The molecule has 31 heavy (non-hydrogen) atoms. The molecule has 1 N–H and O–H groups in total. The van der Waals surface area contributed by atoms with Crippen molar-refractivity contribution in [3.63, 3.8) is 0 Å². The first-order valence-electron chi connectivity index (χ1n) is 9.51. The molecule has 0 saturated heterocycles. The molecule has 162 valence electrons. The lowest BCUT2D eigenvalue weighted by Gasteiger charge is -2.25. The van der Waals surface area contributed by atoms with Gasteiger partial charge in [0, 0.05) is 5.02 Å². The van der Waals surface area contributed by atoms with Crippen molar-refractivity contribution in [2.24, 2.45) is 0 Å². The van der Waals surface area contributed by atoms with E-state index in [9.17, 15) is 13.2 Å². The number of anilines is 2. The molecule has 0 heterocycles. The van der Waals surface area contributed by atoms with Crippen LogP contribution in [0.2, 0.25) is 5.02 Å². The second-order valence-electron chi connectivity index (χ2n) is 6.98. The molecule has 3 rings (SSSR count). The number of methoxy groups -OCH3 is 1. The van der Waals surface area contributed by atoms with Gasteiger partial charge in [0.25, 0.3) is 10.0 Å². The molecule has 0 bridgehead atoms. The molecule has 0 saturated carbocycles. The van der Waals surface area contributed by atoms with Crippen LogP contribution in [0.4, 0.5) is 11.4 Å². The smallest absolute Gasteiger partial charge is 0.264 e. The topological polar surface area (TPSA) is 75.7 Å². The number of nitrogens with one attached hydrogen (secondary N) is 1. The second kappa shape index (κ2) is 9.41. The molecule has 3 aromatic rings. The quantitative estimate of drug-likeness (QED) is 0.551. The fourth-order valence-electron chi connectivity index (χ4n) is 3.00. The molecule has 0 unspecified atom stereocenters. The Bertz CT molecular complexity index is 1190. The molecule has 0 aromatic heterocycles. The molecule has 0 atom stereocenters. The zero-order valence-corrected chi connectivity index (χ0v) is 19.0.